The van der Waals surface area contributed by atoms with Crippen LogP contribution in [0.3, 0.4) is 0 Å². The second-order valence-corrected chi connectivity index (χ2v) is 9.62. The maximum Gasteiger partial charge on any atom is 0.335 e. The summed E-state index contributed by atoms with van der Waals surface area (Å²) in [5.74, 6) is -0.909. The summed E-state index contributed by atoms with van der Waals surface area (Å²) in [5, 5.41) is 9.06. The molecule has 1 saturated heterocycles. The molecule has 0 bridgehead atoms. The summed E-state index contributed by atoms with van der Waals surface area (Å²) in [6.45, 7) is 12.7. The van der Waals surface area contributed by atoms with Gasteiger partial charge in [-0.05, 0) is 67.4 Å². The quantitative estimate of drug-likeness (QED) is 0.542. The Morgan fingerprint density at radius 2 is 1.77 bits per heavy atom. The van der Waals surface area contributed by atoms with E-state index < -0.39 is 12.4 Å². The molecule has 1 aromatic rings. The molecule has 0 saturated carbocycles. The third-order valence-corrected chi connectivity index (χ3v) is 6.62. The number of carbonyl (C=O) groups is 1. The molecular formula is C25H34F2N2O2. The molecule has 0 radical (unpaired) electrons. The minimum absolute atomic E-state index is 0.0409. The molecule has 1 aromatic carbocycles. The van der Waals surface area contributed by atoms with Gasteiger partial charge in [0.15, 0.2) is 0 Å². The molecule has 0 unspecified atom stereocenters. The van der Waals surface area contributed by atoms with Crippen LogP contribution in [-0.2, 0) is 0 Å². The monoisotopic (exact) mass is 432 g/mol. The maximum atomic E-state index is 12.9. The highest BCUT2D eigenvalue weighted by Gasteiger charge is 2.29. The maximum absolute atomic E-state index is 12.9. The molecule has 0 amide bonds. The first kappa shape index (κ1) is 23.5. The lowest BCUT2D eigenvalue weighted by Gasteiger charge is -2.39. The summed E-state index contributed by atoms with van der Waals surface area (Å²) in [4.78, 5) is 15.8. The minimum atomic E-state index is -2.43. The SMILES string of the molecule is C=C(CCC1=C(CN2CCN(c3ccc(C(=O)O)cc3)CC2)CC(C)(C)CC1)C(F)F. The van der Waals surface area contributed by atoms with E-state index in [0.29, 0.717) is 18.4 Å². The van der Waals surface area contributed by atoms with Crippen LogP contribution in [0.15, 0.2) is 47.6 Å². The summed E-state index contributed by atoms with van der Waals surface area (Å²) in [7, 11) is 0. The van der Waals surface area contributed by atoms with Crippen LogP contribution in [-0.4, -0.2) is 55.1 Å². The van der Waals surface area contributed by atoms with Gasteiger partial charge >= 0.3 is 5.97 Å². The van der Waals surface area contributed by atoms with Crippen LogP contribution >= 0.6 is 0 Å². The summed E-state index contributed by atoms with van der Waals surface area (Å²) in [6.07, 6.45) is 1.77. The molecule has 170 valence electrons. The number of benzene rings is 1. The van der Waals surface area contributed by atoms with Crippen LogP contribution in [0.1, 0.15) is 56.3 Å². The Morgan fingerprint density at radius 1 is 1.13 bits per heavy atom. The molecule has 31 heavy (non-hydrogen) atoms. The number of anilines is 1. The number of allylic oxidation sites excluding steroid dienone is 2. The Morgan fingerprint density at radius 3 is 2.35 bits per heavy atom. The van der Waals surface area contributed by atoms with E-state index in [1.165, 1.54) is 11.1 Å². The van der Waals surface area contributed by atoms with Crippen LogP contribution in [0.5, 0.6) is 0 Å². The van der Waals surface area contributed by atoms with E-state index in [4.69, 9.17) is 5.11 Å². The highest BCUT2D eigenvalue weighted by Crippen LogP contribution is 2.41. The molecule has 1 aliphatic carbocycles. The third kappa shape index (κ3) is 6.39. The number of hydrogen-bond donors (Lipinski definition) is 1. The Bertz CT molecular complexity index is 822. The Labute approximate surface area is 184 Å². The van der Waals surface area contributed by atoms with Gasteiger partial charge in [-0.1, -0.05) is 31.6 Å². The molecule has 3 rings (SSSR count). The number of rotatable bonds is 8. The van der Waals surface area contributed by atoms with E-state index in [-0.39, 0.29) is 11.0 Å². The Balaban J connectivity index is 1.60. The number of hydrogen-bond acceptors (Lipinski definition) is 3. The van der Waals surface area contributed by atoms with Crippen LogP contribution in [0.4, 0.5) is 14.5 Å². The molecule has 0 spiro atoms. The van der Waals surface area contributed by atoms with Crippen molar-refractivity contribution in [1.29, 1.82) is 0 Å². The Hall–Kier alpha value is -2.21. The highest BCUT2D eigenvalue weighted by atomic mass is 19.3. The molecule has 0 atom stereocenters. The van der Waals surface area contributed by atoms with Crippen LogP contribution in [0.2, 0.25) is 0 Å². The van der Waals surface area contributed by atoms with E-state index in [0.717, 1.165) is 57.7 Å². The van der Waals surface area contributed by atoms with Gasteiger partial charge in [-0.25, -0.2) is 13.6 Å². The lowest BCUT2D eigenvalue weighted by molar-refractivity contribution is 0.0697. The van der Waals surface area contributed by atoms with Crippen molar-refractivity contribution in [3.05, 3.63) is 53.1 Å². The zero-order chi connectivity index (χ0) is 22.6. The largest absolute Gasteiger partial charge is 0.478 e. The van der Waals surface area contributed by atoms with Gasteiger partial charge in [0.25, 0.3) is 6.43 Å². The molecule has 0 aromatic heterocycles. The van der Waals surface area contributed by atoms with Gasteiger partial charge in [-0.2, -0.15) is 0 Å². The third-order valence-electron chi connectivity index (χ3n) is 6.62. The predicted octanol–water partition coefficient (Wildman–Crippen LogP) is 5.62. The van der Waals surface area contributed by atoms with E-state index in [2.05, 4.69) is 30.2 Å². The van der Waals surface area contributed by atoms with Gasteiger partial charge in [-0.15, -0.1) is 0 Å². The molecule has 1 N–H and O–H groups in total. The molecule has 1 heterocycles. The van der Waals surface area contributed by atoms with E-state index in [1.807, 2.05) is 12.1 Å². The molecule has 1 fully saturated rings. The number of halogens is 2. The second kappa shape index (κ2) is 9.94. The fraction of sp³-hybridized carbons (Fsp3) is 0.560. The van der Waals surface area contributed by atoms with Gasteiger partial charge in [0.1, 0.15) is 0 Å². The van der Waals surface area contributed by atoms with Crippen LogP contribution in [0.25, 0.3) is 0 Å². The molecule has 1 aliphatic heterocycles. The second-order valence-electron chi connectivity index (χ2n) is 9.62. The van der Waals surface area contributed by atoms with Gasteiger partial charge in [0.2, 0.25) is 0 Å². The number of carboxylic acids is 1. The summed E-state index contributed by atoms with van der Waals surface area (Å²) >= 11 is 0. The lowest BCUT2D eigenvalue weighted by atomic mass is 9.73. The fourth-order valence-electron chi connectivity index (χ4n) is 4.60. The Kier molecular flexibility index (Phi) is 7.52. The van der Waals surface area contributed by atoms with E-state index in [1.54, 1.807) is 12.1 Å². The standard InChI is InChI=1S/C25H34F2N2O2/c1-18(23(26)27)4-5-19-10-11-25(2,3)16-21(19)17-28-12-14-29(15-13-28)22-8-6-20(7-9-22)24(30)31/h6-9,23H,1,4-5,10-17H2,2-3H3,(H,30,31). The van der Waals surface area contributed by atoms with Crippen molar-refractivity contribution in [3.8, 4) is 0 Å². The summed E-state index contributed by atoms with van der Waals surface area (Å²) in [6, 6.07) is 7.05. The van der Waals surface area contributed by atoms with Crippen molar-refractivity contribution in [2.45, 2.75) is 52.4 Å². The van der Waals surface area contributed by atoms with Gasteiger partial charge in [-0.3, -0.25) is 4.90 Å². The molecule has 6 heteroatoms. The van der Waals surface area contributed by atoms with Crippen molar-refractivity contribution >= 4 is 11.7 Å². The van der Waals surface area contributed by atoms with Crippen molar-refractivity contribution in [1.82, 2.24) is 4.90 Å². The topological polar surface area (TPSA) is 43.8 Å². The van der Waals surface area contributed by atoms with Crippen LogP contribution in [0, 0.1) is 5.41 Å². The van der Waals surface area contributed by atoms with E-state index in [9.17, 15) is 13.6 Å². The summed E-state index contributed by atoms with van der Waals surface area (Å²) in [5.41, 5.74) is 4.43. The number of piperazine rings is 1. The molecular weight excluding hydrogens is 398 g/mol. The molecule has 2 aliphatic rings. The minimum Gasteiger partial charge on any atom is -0.478 e. The van der Waals surface area contributed by atoms with Gasteiger partial charge < -0.3 is 10.0 Å². The number of aromatic carboxylic acids is 1. The lowest BCUT2D eigenvalue weighted by Crippen LogP contribution is -2.47. The normalized spacial score (nSPS) is 19.7. The molecule has 4 nitrogen and oxygen atoms in total. The summed E-state index contributed by atoms with van der Waals surface area (Å²) < 4.78 is 25.7. The van der Waals surface area contributed by atoms with Crippen molar-refractivity contribution in [3.63, 3.8) is 0 Å². The van der Waals surface area contributed by atoms with Crippen molar-refractivity contribution < 1.29 is 18.7 Å². The van der Waals surface area contributed by atoms with Gasteiger partial charge in [0.05, 0.1) is 5.56 Å². The zero-order valence-corrected chi connectivity index (χ0v) is 18.7. The number of nitrogens with zero attached hydrogens (tertiary/aromatic N) is 2. The fourth-order valence-corrected chi connectivity index (χ4v) is 4.60. The first-order valence-corrected chi connectivity index (χ1v) is 11.1. The van der Waals surface area contributed by atoms with E-state index >= 15 is 0 Å². The van der Waals surface area contributed by atoms with Crippen LogP contribution < -0.4 is 4.90 Å². The average Bonchev–Trinajstić information content (AvgIpc) is 2.73. The highest BCUT2D eigenvalue weighted by molar-refractivity contribution is 5.88. The first-order valence-electron chi connectivity index (χ1n) is 11.1. The first-order chi connectivity index (χ1) is 14.6. The predicted molar refractivity (Wildman–Crippen MR) is 121 cm³/mol. The number of alkyl halides is 2. The average molecular weight is 433 g/mol. The van der Waals surface area contributed by atoms with Crippen molar-refractivity contribution in [2.75, 3.05) is 37.6 Å². The number of carboxylic acid groups (broad SMARTS) is 1. The van der Waals surface area contributed by atoms with Crippen molar-refractivity contribution in [2.24, 2.45) is 5.41 Å². The smallest absolute Gasteiger partial charge is 0.335 e. The van der Waals surface area contributed by atoms with Gasteiger partial charge in [0, 0.05) is 38.4 Å². The zero-order valence-electron chi connectivity index (χ0n) is 18.7.